The van der Waals surface area contributed by atoms with E-state index in [0.717, 1.165) is 5.56 Å². The van der Waals surface area contributed by atoms with Crippen LogP contribution in [0.15, 0.2) is 54.6 Å². The number of anilines is 1. The molecule has 0 aliphatic carbocycles. The van der Waals surface area contributed by atoms with Crippen molar-refractivity contribution in [3.05, 3.63) is 66.0 Å². The van der Waals surface area contributed by atoms with Crippen LogP contribution in [-0.4, -0.2) is 31.7 Å². The fourth-order valence-corrected chi connectivity index (χ4v) is 4.71. The van der Waals surface area contributed by atoms with Crippen molar-refractivity contribution in [2.24, 2.45) is 5.92 Å². The molecule has 0 radical (unpaired) electrons. The number of benzene rings is 2. The highest BCUT2D eigenvalue weighted by molar-refractivity contribution is 7.88. The molecule has 0 bridgehead atoms. The van der Waals surface area contributed by atoms with Crippen molar-refractivity contribution in [1.29, 1.82) is 0 Å². The number of hydrogen-bond donors (Lipinski definition) is 1. The second kappa shape index (κ2) is 7.97. The van der Waals surface area contributed by atoms with Crippen LogP contribution < -0.4 is 5.32 Å². The summed E-state index contributed by atoms with van der Waals surface area (Å²) in [5.74, 6) is -1.24. The van der Waals surface area contributed by atoms with Crippen molar-refractivity contribution < 1.29 is 17.6 Å². The zero-order valence-corrected chi connectivity index (χ0v) is 15.1. The van der Waals surface area contributed by atoms with E-state index in [-0.39, 0.29) is 18.2 Å². The second-order valence-electron chi connectivity index (χ2n) is 6.44. The van der Waals surface area contributed by atoms with Crippen molar-refractivity contribution in [3.63, 3.8) is 0 Å². The van der Waals surface area contributed by atoms with Gasteiger partial charge in [0.1, 0.15) is 5.82 Å². The molecule has 1 fully saturated rings. The monoisotopic (exact) mass is 376 g/mol. The molecule has 26 heavy (non-hydrogen) atoms. The van der Waals surface area contributed by atoms with E-state index in [0.29, 0.717) is 25.1 Å². The number of halogens is 1. The summed E-state index contributed by atoms with van der Waals surface area (Å²) in [6.45, 7) is 0.565. The summed E-state index contributed by atoms with van der Waals surface area (Å²) < 4.78 is 40.0. The number of carbonyl (C=O) groups is 1. The number of nitrogens with one attached hydrogen (secondary N) is 1. The molecular formula is C19H21FN2O3S. The number of rotatable bonds is 5. The number of piperidine rings is 1. The van der Waals surface area contributed by atoms with Crippen molar-refractivity contribution in [1.82, 2.24) is 4.31 Å². The molecule has 0 saturated carbocycles. The lowest BCUT2D eigenvalue weighted by atomic mass is 9.99. The van der Waals surface area contributed by atoms with E-state index in [2.05, 4.69) is 5.32 Å². The first kappa shape index (κ1) is 18.5. The third kappa shape index (κ3) is 4.68. The molecule has 1 saturated heterocycles. The molecule has 5 nitrogen and oxygen atoms in total. The molecule has 0 spiro atoms. The summed E-state index contributed by atoms with van der Waals surface area (Å²) >= 11 is 0. The van der Waals surface area contributed by atoms with E-state index in [1.807, 2.05) is 6.07 Å². The lowest BCUT2D eigenvalue weighted by molar-refractivity contribution is -0.120. The quantitative estimate of drug-likeness (QED) is 0.872. The Morgan fingerprint density at radius 1 is 1.15 bits per heavy atom. The highest BCUT2D eigenvalue weighted by atomic mass is 32.2. The first-order chi connectivity index (χ1) is 12.4. The number of carbonyl (C=O) groups excluding carboxylic acids is 1. The maximum atomic E-state index is 13.2. The molecule has 138 valence electrons. The Hall–Kier alpha value is -2.25. The molecule has 1 aliphatic heterocycles. The summed E-state index contributed by atoms with van der Waals surface area (Å²) in [6.07, 6.45) is 1.23. The van der Waals surface area contributed by atoms with Gasteiger partial charge in [-0.1, -0.05) is 36.4 Å². The average Bonchev–Trinajstić information content (AvgIpc) is 2.62. The molecule has 1 atom stereocenters. The molecule has 0 aromatic heterocycles. The van der Waals surface area contributed by atoms with Gasteiger partial charge in [-0.2, -0.15) is 0 Å². The summed E-state index contributed by atoms with van der Waals surface area (Å²) in [5.41, 5.74) is 1.10. The van der Waals surface area contributed by atoms with Crippen LogP contribution in [0.25, 0.3) is 0 Å². The molecule has 1 unspecified atom stereocenters. The van der Waals surface area contributed by atoms with E-state index < -0.39 is 21.8 Å². The lowest BCUT2D eigenvalue weighted by Gasteiger charge is -2.31. The fraction of sp³-hybridized carbons (Fsp3) is 0.316. The zero-order valence-electron chi connectivity index (χ0n) is 14.3. The van der Waals surface area contributed by atoms with Crippen LogP contribution in [0.1, 0.15) is 18.4 Å². The highest BCUT2D eigenvalue weighted by Gasteiger charge is 2.32. The van der Waals surface area contributed by atoms with Crippen LogP contribution in [0, 0.1) is 11.7 Å². The van der Waals surface area contributed by atoms with Gasteiger partial charge in [0, 0.05) is 18.8 Å². The Labute approximate surface area is 152 Å². The SMILES string of the molecule is O=C(Nc1cccc(F)c1)C1CCCN(S(=O)(=O)Cc2ccccc2)C1. The molecule has 1 aliphatic rings. The van der Waals surface area contributed by atoms with Crippen molar-refractivity contribution in [2.75, 3.05) is 18.4 Å². The molecule has 2 aromatic carbocycles. The maximum absolute atomic E-state index is 13.2. The molecule has 1 heterocycles. The Morgan fingerprint density at radius 2 is 1.92 bits per heavy atom. The van der Waals surface area contributed by atoms with Gasteiger partial charge < -0.3 is 5.32 Å². The number of hydrogen-bond acceptors (Lipinski definition) is 3. The van der Waals surface area contributed by atoms with E-state index in [1.165, 1.54) is 22.5 Å². The molecule has 1 N–H and O–H groups in total. The third-order valence-electron chi connectivity index (χ3n) is 4.43. The van der Waals surface area contributed by atoms with Crippen molar-refractivity contribution >= 4 is 21.6 Å². The van der Waals surface area contributed by atoms with Gasteiger partial charge in [0.15, 0.2) is 0 Å². The van der Waals surface area contributed by atoms with Gasteiger partial charge in [-0.15, -0.1) is 0 Å². The van der Waals surface area contributed by atoms with E-state index in [4.69, 9.17) is 0 Å². The first-order valence-electron chi connectivity index (χ1n) is 8.52. The zero-order chi connectivity index (χ0) is 18.6. The second-order valence-corrected chi connectivity index (χ2v) is 8.41. The Kier molecular flexibility index (Phi) is 5.68. The maximum Gasteiger partial charge on any atom is 0.228 e. The van der Waals surface area contributed by atoms with Crippen LogP contribution in [0.4, 0.5) is 10.1 Å². The summed E-state index contributed by atoms with van der Waals surface area (Å²) in [7, 11) is -3.49. The first-order valence-corrected chi connectivity index (χ1v) is 10.1. The van der Waals surface area contributed by atoms with Gasteiger partial charge in [0.2, 0.25) is 15.9 Å². The number of amides is 1. The van der Waals surface area contributed by atoms with Gasteiger partial charge in [-0.05, 0) is 36.6 Å². The highest BCUT2D eigenvalue weighted by Crippen LogP contribution is 2.23. The molecule has 1 amide bonds. The predicted molar refractivity (Wildman–Crippen MR) is 98.4 cm³/mol. The van der Waals surface area contributed by atoms with Crippen LogP contribution in [0.2, 0.25) is 0 Å². The van der Waals surface area contributed by atoms with E-state index >= 15 is 0 Å². The van der Waals surface area contributed by atoms with Gasteiger partial charge in [-0.3, -0.25) is 4.79 Å². The third-order valence-corrected chi connectivity index (χ3v) is 6.25. The Morgan fingerprint density at radius 3 is 2.65 bits per heavy atom. The van der Waals surface area contributed by atoms with Gasteiger partial charge in [0.25, 0.3) is 0 Å². The normalized spacial score (nSPS) is 18.4. The largest absolute Gasteiger partial charge is 0.326 e. The van der Waals surface area contributed by atoms with Crippen LogP contribution in [-0.2, 0) is 20.6 Å². The summed E-state index contributed by atoms with van der Waals surface area (Å²) in [4.78, 5) is 12.5. The van der Waals surface area contributed by atoms with Crippen molar-refractivity contribution in [3.8, 4) is 0 Å². The van der Waals surface area contributed by atoms with Gasteiger partial charge in [-0.25, -0.2) is 17.1 Å². The smallest absolute Gasteiger partial charge is 0.228 e. The Balaban J connectivity index is 1.65. The minimum Gasteiger partial charge on any atom is -0.326 e. The van der Waals surface area contributed by atoms with Crippen molar-refractivity contribution in [2.45, 2.75) is 18.6 Å². The summed E-state index contributed by atoms with van der Waals surface area (Å²) in [6, 6.07) is 14.6. The number of sulfonamides is 1. The van der Waals surface area contributed by atoms with Crippen LogP contribution in [0.5, 0.6) is 0 Å². The molecule has 7 heteroatoms. The van der Waals surface area contributed by atoms with Crippen LogP contribution in [0.3, 0.4) is 0 Å². The van der Waals surface area contributed by atoms with E-state index in [9.17, 15) is 17.6 Å². The lowest BCUT2D eigenvalue weighted by Crippen LogP contribution is -2.44. The van der Waals surface area contributed by atoms with Gasteiger partial charge in [0.05, 0.1) is 11.7 Å². The average molecular weight is 376 g/mol. The minimum absolute atomic E-state index is 0.0773. The molecule has 2 aromatic rings. The molecule has 3 rings (SSSR count). The number of nitrogens with zero attached hydrogens (tertiary/aromatic N) is 1. The van der Waals surface area contributed by atoms with Gasteiger partial charge >= 0.3 is 0 Å². The summed E-state index contributed by atoms with van der Waals surface area (Å²) in [5, 5.41) is 2.67. The topological polar surface area (TPSA) is 66.5 Å². The predicted octanol–water partition coefficient (Wildman–Crippen LogP) is 3.01. The minimum atomic E-state index is -3.49. The molecular weight excluding hydrogens is 355 g/mol. The van der Waals surface area contributed by atoms with E-state index in [1.54, 1.807) is 30.3 Å². The fourth-order valence-electron chi connectivity index (χ4n) is 3.10. The Bertz CT molecular complexity index is 871. The van der Waals surface area contributed by atoms with Crippen LogP contribution >= 0.6 is 0 Å². The standard InChI is InChI=1S/C19H21FN2O3S/c20-17-9-4-10-18(12-17)21-19(23)16-8-5-11-22(13-16)26(24,25)14-15-6-2-1-3-7-15/h1-4,6-7,9-10,12,16H,5,8,11,13-14H2,(H,21,23).